The summed E-state index contributed by atoms with van der Waals surface area (Å²) in [5, 5.41) is 3.00. The normalized spacial score (nSPS) is 14.4. The van der Waals surface area contributed by atoms with Crippen LogP contribution in [-0.4, -0.2) is 41.2 Å². The lowest BCUT2D eigenvalue weighted by molar-refractivity contribution is 0.699. The lowest BCUT2D eigenvalue weighted by atomic mass is 10.1. The van der Waals surface area contributed by atoms with Crippen LogP contribution in [0.1, 0.15) is 188 Å². The van der Waals surface area contributed by atoms with E-state index in [1.807, 2.05) is 0 Å². The molecule has 0 amide bonds. The molecular weight excluding hydrogens is 700 g/mol. The first kappa shape index (κ1) is 50.2. The van der Waals surface area contributed by atoms with Crippen LogP contribution in [0.2, 0.25) is 0 Å². The highest BCUT2D eigenvalue weighted by Gasteiger charge is 2.39. The number of benzene rings is 2. The van der Waals surface area contributed by atoms with Crippen molar-refractivity contribution in [2.75, 3.05) is 0 Å². The van der Waals surface area contributed by atoms with Gasteiger partial charge in [0.25, 0.3) is 0 Å². The lowest BCUT2D eigenvalue weighted by Gasteiger charge is -2.43. The molecule has 0 saturated heterocycles. The summed E-state index contributed by atoms with van der Waals surface area (Å²) in [5.74, 6) is 0. The van der Waals surface area contributed by atoms with Gasteiger partial charge in [0.2, 0.25) is 0 Å². The van der Waals surface area contributed by atoms with Crippen molar-refractivity contribution in [3.8, 4) is 0 Å². The Morgan fingerprint density at radius 1 is 0.250 bits per heavy atom. The van der Waals surface area contributed by atoms with Crippen LogP contribution in [0.3, 0.4) is 0 Å². The summed E-state index contributed by atoms with van der Waals surface area (Å²) in [5.41, 5.74) is 6.41. The van der Waals surface area contributed by atoms with Crippen LogP contribution in [-0.2, 0) is 24.6 Å². The van der Waals surface area contributed by atoms with Crippen molar-refractivity contribution in [2.45, 2.75) is 232 Å². The molecule has 0 radical (unpaired) electrons. The van der Waals surface area contributed by atoms with Crippen molar-refractivity contribution in [3.63, 3.8) is 0 Å². The van der Waals surface area contributed by atoms with Crippen LogP contribution in [0.4, 0.5) is 0 Å². The van der Waals surface area contributed by atoms with Crippen LogP contribution in [0.25, 0.3) is 0 Å². The molecule has 0 aromatic heterocycles. The third kappa shape index (κ3) is 16.3. The Bertz CT molecular complexity index is 1090. The zero-order chi connectivity index (χ0) is 41.1. The number of rotatable bonds is 8. The quantitative estimate of drug-likeness (QED) is 0.234. The maximum Gasteiger partial charge on any atom is -0.00608 e. The van der Waals surface area contributed by atoms with E-state index in [4.69, 9.17) is 0 Å². The summed E-state index contributed by atoms with van der Waals surface area (Å²) in [6.07, 6.45) is 4.98. The first-order valence-corrected chi connectivity index (χ1v) is 26.2. The van der Waals surface area contributed by atoms with Crippen LogP contribution < -0.4 is 0 Å². The molecule has 0 N–H and O–H groups in total. The number of hydrogen-bond donors (Lipinski definition) is 0. The molecule has 300 valence electrons. The van der Waals surface area contributed by atoms with Crippen LogP contribution in [0.5, 0.6) is 0 Å². The molecule has 0 bridgehead atoms. The summed E-state index contributed by atoms with van der Waals surface area (Å²) in [7, 11) is -0.437. The Kier molecular flexibility index (Phi) is 17.5. The minimum Gasteiger partial charge on any atom is -0.0911 e. The molecule has 4 heteroatoms. The topological polar surface area (TPSA) is 0 Å². The molecule has 0 unspecified atom stereocenters. The Hall–Kier alpha value is 0.160. The van der Waals surface area contributed by atoms with E-state index in [2.05, 4.69) is 215 Å². The summed E-state index contributed by atoms with van der Waals surface area (Å²) in [6.45, 7) is 58.4. The van der Waals surface area contributed by atoms with E-state index >= 15 is 0 Å². The summed E-state index contributed by atoms with van der Waals surface area (Å²) in [4.78, 5) is 0. The lowest BCUT2D eigenvalue weighted by Crippen LogP contribution is -2.27. The predicted molar refractivity (Wildman–Crippen MR) is 253 cm³/mol. The Labute approximate surface area is 333 Å². The molecule has 2 rings (SSSR count). The highest BCUT2D eigenvalue weighted by Crippen LogP contribution is 2.65. The van der Waals surface area contributed by atoms with E-state index in [9.17, 15) is 0 Å². The molecule has 2 aromatic rings. The molecule has 0 fully saturated rings. The summed E-state index contributed by atoms with van der Waals surface area (Å²) >= 11 is 0. The molecule has 0 atom stereocenters. The van der Waals surface area contributed by atoms with Gasteiger partial charge in [-0.1, -0.05) is 246 Å². The van der Waals surface area contributed by atoms with Crippen molar-refractivity contribution in [1.82, 2.24) is 0 Å². The second-order valence-electron chi connectivity index (χ2n) is 23.2. The average Bonchev–Trinajstić information content (AvgIpc) is 2.88. The fourth-order valence-electron chi connectivity index (χ4n) is 8.34. The van der Waals surface area contributed by atoms with Gasteiger partial charge in [-0.3, -0.25) is 0 Å². The third-order valence-corrected chi connectivity index (χ3v) is 25.6. The van der Waals surface area contributed by atoms with Crippen molar-refractivity contribution in [2.24, 2.45) is 0 Å². The van der Waals surface area contributed by atoms with Gasteiger partial charge < -0.3 is 0 Å². The van der Waals surface area contributed by atoms with E-state index < -0.39 is 0 Å². The van der Waals surface area contributed by atoms with Crippen LogP contribution >= 0.6 is 31.7 Å². The zero-order valence-electron chi connectivity index (χ0n) is 39.2. The van der Waals surface area contributed by atoms with Crippen LogP contribution in [0.15, 0.2) is 48.5 Å². The molecule has 0 aliphatic carbocycles. The van der Waals surface area contributed by atoms with E-state index in [0.29, 0.717) is 41.2 Å². The van der Waals surface area contributed by atoms with Gasteiger partial charge in [-0.2, -0.15) is 0 Å². The molecule has 0 aliphatic heterocycles. The summed E-state index contributed by atoms with van der Waals surface area (Å²) < 4.78 is 0. The fraction of sp³-hybridized carbons (Fsp3) is 0.750. The first-order valence-electron chi connectivity index (χ1n) is 20.1. The molecule has 0 saturated carbocycles. The zero-order valence-corrected chi connectivity index (χ0v) is 42.8. The standard InChI is InChI=1S/2C24H44P2/c2*1-21(2,3)25(22(4,5)6)17-19-15-13-14-16-20(19)18-26(23(7,8)9)24(10,11)12/h2*13-16H,17-18H2,1-12H3. The van der Waals surface area contributed by atoms with Gasteiger partial charge >= 0.3 is 0 Å². The van der Waals surface area contributed by atoms with Crippen LogP contribution in [0, 0.1) is 0 Å². The van der Waals surface area contributed by atoms with Gasteiger partial charge in [0, 0.05) is 0 Å². The highest BCUT2D eigenvalue weighted by molar-refractivity contribution is 7.61. The minimum atomic E-state index is -0.109. The van der Waals surface area contributed by atoms with E-state index in [1.54, 1.807) is 22.3 Å². The molecule has 0 aliphatic rings. The van der Waals surface area contributed by atoms with E-state index in [0.717, 1.165) is 0 Å². The molecular formula is C48H88P4. The summed E-state index contributed by atoms with van der Waals surface area (Å²) in [6, 6.07) is 18.6. The van der Waals surface area contributed by atoms with E-state index in [1.165, 1.54) is 24.6 Å². The second-order valence-corrected chi connectivity index (χ2v) is 38.7. The van der Waals surface area contributed by atoms with Crippen molar-refractivity contribution >= 4 is 31.7 Å². The SMILES string of the molecule is CC(C)(C)P(Cc1ccccc1CP(C(C)(C)C)C(C)(C)C)C(C)(C)C.CC(C)(C)P(Cc1ccccc1CP(C(C)(C)C)C(C)(C)C)C(C)(C)C. The van der Waals surface area contributed by atoms with Gasteiger partial charge in [-0.05, 0) is 88.2 Å². The van der Waals surface area contributed by atoms with Crippen molar-refractivity contribution in [3.05, 3.63) is 70.8 Å². The molecule has 0 spiro atoms. The maximum atomic E-state index is 2.43. The monoisotopic (exact) mass is 789 g/mol. The highest BCUT2D eigenvalue weighted by atomic mass is 31.1. The van der Waals surface area contributed by atoms with Gasteiger partial charge in [0.1, 0.15) is 0 Å². The van der Waals surface area contributed by atoms with Gasteiger partial charge in [0.05, 0.1) is 0 Å². The number of hydrogen-bond acceptors (Lipinski definition) is 0. The first-order chi connectivity index (χ1) is 22.9. The Morgan fingerprint density at radius 2 is 0.365 bits per heavy atom. The maximum absolute atomic E-state index is 2.43. The van der Waals surface area contributed by atoms with Gasteiger partial charge in [-0.25, -0.2) is 0 Å². The molecule has 0 nitrogen and oxygen atoms in total. The fourth-order valence-corrected chi connectivity index (χ4v) is 22.8. The van der Waals surface area contributed by atoms with Crippen molar-refractivity contribution in [1.29, 1.82) is 0 Å². The average molecular weight is 789 g/mol. The van der Waals surface area contributed by atoms with E-state index in [-0.39, 0.29) is 31.7 Å². The predicted octanol–water partition coefficient (Wildman–Crippen LogP) is 17.7. The Morgan fingerprint density at radius 3 is 0.462 bits per heavy atom. The molecule has 52 heavy (non-hydrogen) atoms. The van der Waals surface area contributed by atoms with Gasteiger partial charge in [0.15, 0.2) is 0 Å². The minimum absolute atomic E-state index is 0.109. The Balaban J connectivity index is 0.000000520. The third-order valence-electron chi connectivity index (χ3n) is 10.0. The molecule has 0 heterocycles. The van der Waals surface area contributed by atoms with Crippen molar-refractivity contribution < 1.29 is 0 Å². The van der Waals surface area contributed by atoms with Gasteiger partial charge in [-0.15, -0.1) is 0 Å². The smallest absolute Gasteiger partial charge is 0.00608 e. The second kappa shape index (κ2) is 18.2. The molecule has 2 aromatic carbocycles. The largest absolute Gasteiger partial charge is 0.0911 e.